The maximum atomic E-state index is 12.4. The number of carbonyl (C=O) groups is 1. The second kappa shape index (κ2) is 7.16. The summed E-state index contributed by atoms with van der Waals surface area (Å²) in [6, 6.07) is 3.54. The Labute approximate surface area is 124 Å². The fraction of sp³-hybridized carbons (Fsp3) is 0.583. The number of thiophene rings is 1. The molecule has 1 unspecified atom stereocenters. The van der Waals surface area contributed by atoms with Gasteiger partial charge in [-0.15, -0.1) is 11.3 Å². The molecule has 0 saturated carbocycles. The quantitative estimate of drug-likeness (QED) is 0.714. The zero-order valence-corrected chi connectivity index (χ0v) is 13.7. The van der Waals surface area contributed by atoms with Gasteiger partial charge in [0.2, 0.25) is 0 Å². The van der Waals surface area contributed by atoms with E-state index >= 15 is 0 Å². The Balaban J connectivity index is 2.74. The topological polar surface area (TPSA) is 66.9 Å². The average Bonchev–Trinajstić information content (AvgIpc) is 2.96. The van der Waals surface area contributed by atoms with Crippen LogP contribution < -0.4 is 0 Å². The molecule has 0 aliphatic rings. The smallest absolute Gasteiger partial charge is 0.306 e. The summed E-state index contributed by atoms with van der Waals surface area (Å²) in [5.41, 5.74) is 0. The molecule has 1 rings (SSSR count). The summed E-state index contributed by atoms with van der Waals surface area (Å²) in [5.74, 6) is -0.430. The van der Waals surface area contributed by atoms with Crippen LogP contribution in [0.5, 0.6) is 0 Å². The van der Waals surface area contributed by atoms with Gasteiger partial charge in [0, 0.05) is 25.5 Å². The zero-order chi connectivity index (χ0) is 15.3. The molecule has 1 atom stereocenters. The minimum atomic E-state index is -3.60. The SMILES string of the molecule is COC(=O)CCN(C)S(=O)(=O)N(C)C(C)c1cccs1. The Morgan fingerprint density at radius 1 is 1.45 bits per heavy atom. The highest BCUT2D eigenvalue weighted by atomic mass is 32.2. The van der Waals surface area contributed by atoms with Crippen molar-refractivity contribution in [3.8, 4) is 0 Å². The van der Waals surface area contributed by atoms with Crippen LogP contribution in [0.15, 0.2) is 17.5 Å². The van der Waals surface area contributed by atoms with Crippen LogP contribution in [0.4, 0.5) is 0 Å². The van der Waals surface area contributed by atoms with E-state index in [1.54, 1.807) is 0 Å². The minimum absolute atomic E-state index is 0.0352. The summed E-state index contributed by atoms with van der Waals surface area (Å²) in [6.07, 6.45) is 0.0352. The van der Waals surface area contributed by atoms with Gasteiger partial charge in [-0.2, -0.15) is 17.0 Å². The molecule has 20 heavy (non-hydrogen) atoms. The van der Waals surface area contributed by atoms with E-state index in [4.69, 9.17) is 0 Å². The summed E-state index contributed by atoms with van der Waals surface area (Å²) in [5, 5.41) is 1.91. The number of ether oxygens (including phenoxy) is 1. The van der Waals surface area contributed by atoms with Crippen molar-refractivity contribution in [1.82, 2.24) is 8.61 Å². The first kappa shape index (κ1) is 17.1. The molecule has 114 valence electrons. The molecule has 0 bridgehead atoms. The minimum Gasteiger partial charge on any atom is -0.469 e. The summed E-state index contributed by atoms with van der Waals surface area (Å²) >= 11 is 1.51. The standard InChI is InChI=1S/C12H20N2O4S2/c1-10(11-6-5-9-19-11)14(3)20(16,17)13(2)8-7-12(15)18-4/h5-6,9-10H,7-8H2,1-4H3. The molecule has 0 aromatic carbocycles. The van der Waals surface area contributed by atoms with Crippen molar-refractivity contribution in [1.29, 1.82) is 0 Å². The van der Waals surface area contributed by atoms with Gasteiger partial charge in [0.1, 0.15) is 0 Å². The van der Waals surface area contributed by atoms with Gasteiger partial charge in [0.25, 0.3) is 10.2 Å². The predicted molar refractivity (Wildman–Crippen MR) is 78.7 cm³/mol. The first-order chi connectivity index (χ1) is 9.30. The molecule has 1 aromatic rings. The van der Waals surface area contributed by atoms with E-state index < -0.39 is 16.2 Å². The first-order valence-electron chi connectivity index (χ1n) is 6.10. The second-order valence-corrected chi connectivity index (χ2v) is 7.44. The lowest BCUT2D eigenvalue weighted by atomic mass is 10.3. The normalized spacial score (nSPS) is 13.7. The maximum Gasteiger partial charge on any atom is 0.306 e. The van der Waals surface area contributed by atoms with Crippen LogP contribution in [0.1, 0.15) is 24.3 Å². The molecular formula is C12H20N2O4S2. The van der Waals surface area contributed by atoms with Crippen LogP contribution in [0.2, 0.25) is 0 Å². The molecule has 0 N–H and O–H groups in total. The molecule has 1 heterocycles. The monoisotopic (exact) mass is 320 g/mol. The van der Waals surface area contributed by atoms with E-state index in [0.29, 0.717) is 0 Å². The van der Waals surface area contributed by atoms with Gasteiger partial charge in [-0.25, -0.2) is 0 Å². The Morgan fingerprint density at radius 2 is 2.10 bits per heavy atom. The highest BCUT2D eigenvalue weighted by Crippen LogP contribution is 2.26. The van der Waals surface area contributed by atoms with Crippen LogP contribution in [0.25, 0.3) is 0 Å². The van der Waals surface area contributed by atoms with Crippen molar-refractivity contribution in [2.45, 2.75) is 19.4 Å². The third-order valence-electron chi connectivity index (χ3n) is 3.12. The number of hydrogen-bond donors (Lipinski definition) is 0. The number of nitrogens with zero attached hydrogens (tertiary/aromatic N) is 2. The molecule has 0 spiro atoms. The van der Waals surface area contributed by atoms with Crippen molar-refractivity contribution >= 4 is 27.5 Å². The predicted octanol–water partition coefficient (Wildman–Crippen LogP) is 1.48. The molecule has 0 aliphatic carbocycles. The third kappa shape index (κ3) is 4.02. The van der Waals surface area contributed by atoms with Crippen molar-refractivity contribution in [2.24, 2.45) is 0 Å². The molecule has 6 nitrogen and oxygen atoms in total. The van der Waals surface area contributed by atoms with Gasteiger partial charge in [0.05, 0.1) is 19.6 Å². The van der Waals surface area contributed by atoms with Gasteiger partial charge in [-0.3, -0.25) is 4.79 Å². The lowest BCUT2D eigenvalue weighted by molar-refractivity contribution is -0.140. The van der Waals surface area contributed by atoms with Gasteiger partial charge >= 0.3 is 5.97 Å². The molecule has 8 heteroatoms. The van der Waals surface area contributed by atoms with Crippen molar-refractivity contribution in [2.75, 3.05) is 27.7 Å². The summed E-state index contributed by atoms with van der Waals surface area (Å²) in [4.78, 5) is 12.0. The van der Waals surface area contributed by atoms with Crippen molar-refractivity contribution in [3.05, 3.63) is 22.4 Å². The van der Waals surface area contributed by atoms with Crippen LogP contribution in [-0.2, 0) is 19.7 Å². The zero-order valence-electron chi connectivity index (χ0n) is 12.1. The highest BCUT2D eigenvalue weighted by molar-refractivity contribution is 7.86. The molecule has 0 aliphatic heterocycles. The summed E-state index contributed by atoms with van der Waals surface area (Å²) < 4.78 is 31.7. The van der Waals surface area contributed by atoms with E-state index in [0.717, 1.165) is 9.18 Å². The third-order valence-corrected chi connectivity index (χ3v) is 6.17. The van der Waals surface area contributed by atoms with E-state index in [1.165, 1.54) is 36.8 Å². The van der Waals surface area contributed by atoms with Crippen LogP contribution in [-0.4, -0.2) is 50.7 Å². The Hall–Kier alpha value is -0.960. The van der Waals surface area contributed by atoms with E-state index in [1.807, 2.05) is 24.4 Å². The number of rotatable bonds is 7. The molecular weight excluding hydrogens is 300 g/mol. The second-order valence-electron chi connectivity index (χ2n) is 4.36. The number of esters is 1. The van der Waals surface area contributed by atoms with E-state index in [9.17, 15) is 13.2 Å². The van der Waals surface area contributed by atoms with Gasteiger partial charge in [-0.1, -0.05) is 6.07 Å². The van der Waals surface area contributed by atoms with Gasteiger partial charge in [0.15, 0.2) is 0 Å². The van der Waals surface area contributed by atoms with Crippen LogP contribution >= 0.6 is 11.3 Å². The summed E-state index contributed by atoms with van der Waals surface area (Å²) in [7, 11) is 0.667. The number of hydrogen-bond acceptors (Lipinski definition) is 5. The fourth-order valence-electron chi connectivity index (χ4n) is 1.59. The first-order valence-corrected chi connectivity index (χ1v) is 8.38. The molecule has 0 saturated heterocycles. The van der Waals surface area contributed by atoms with E-state index in [2.05, 4.69) is 4.74 Å². The largest absolute Gasteiger partial charge is 0.469 e. The summed E-state index contributed by atoms with van der Waals surface area (Å²) in [6.45, 7) is 1.92. The Bertz CT molecular complexity index is 528. The van der Waals surface area contributed by atoms with Crippen LogP contribution in [0.3, 0.4) is 0 Å². The van der Waals surface area contributed by atoms with Crippen LogP contribution in [0, 0.1) is 0 Å². The van der Waals surface area contributed by atoms with Gasteiger partial charge < -0.3 is 4.74 Å². The Kier molecular flexibility index (Phi) is 6.12. The molecule has 0 radical (unpaired) electrons. The van der Waals surface area contributed by atoms with Crippen molar-refractivity contribution in [3.63, 3.8) is 0 Å². The lowest BCUT2D eigenvalue weighted by Crippen LogP contribution is -2.41. The van der Waals surface area contributed by atoms with Crippen molar-refractivity contribution < 1.29 is 17.9 Å². The highest BCUT2D eigenvalue weighted by Gasteiger charge is 2.29. The Morgan fingerprint density at radius 3 is 2.60 bits per heavy atom. The maximum absolute atomic E-state index is 12.4. The molecule has 0 amide bonds. The number of carbonyl (C=O) groups excluding carboxylic acids is 1. The number of methoxy groups -OCH3 is 1. The fourth-order valence-corrected chi connectivity index (χ4v) is 3.76. The molecule has 0 fully saturated rings. The van der Waals surface area contributed by atoms with Gasteiger partial charge in [-0.05, 0) is 18.4 Å². The average molecular weight is 320 g/mol. The lowest BCUT2D eigenvalue weighted by Gasteiger charge is -2.28. The molecule has 1 aromatic heterocycles. The van der Waals surface area contributed by atoms with E-state index in [-0.39, 0.29) is 19.0 Å².